The van der Waals surface area contributed by atoms with Crippen molar-refractivity contribution in [1.29, 1.82) is 0 Å². The minimum Gasteiger partial charge on any atom is -0.550 e. The summed E-state index contributed by atoms with van der Waals surface area (Å²) in [6, 6.07) is 7.44. The fourth-order valence-electron chi connectivity index (χ4n) is 1.96. The van der Waals surface area contributed by atoms with E-state index in [0.29, 0.717) is 0 Å². The normalized spacial score (nSPS) is 20.2. The molecule has 4 heteroatoms. The van der Waals surface area contributed by atoms with Crippen LogP contribution in [0, 0.1) is 12.8 Å². The Labute approximate surface area is 93.5 Å². The van der Waals surface area contributed by atoms with Gasteiger partial charge in [0.05, 0.1) is 0 Å². The lowest BCUT2D eigenvalue weighted by Gasteiger charge is -2.19. The summed E-state index contributed by atoms with van der Waals surface area (Å²) in [5.41, 5.74) is 1.76. The molecule has 0 bridgehead atoms. The average Bonchev–Trinajstić information content (AvgIpc) is 2.61. The number of carboxylic acid groups (broad SMARTS) is 1. The van der Waals surface area contributed by atoms with Gasteiger partial charge in [0.15, 0.2) is 0 Å². The number of anilines is 1. The molecule has 0 saturated carbocycles. The van der Waals surface area contributed by atoms with Crippen LogP contribution in [0.2, 0.25) is 0 Å². The van der Waals surface area contributed by atoms with Crippen molar-refractivity contribution in [2.24, 2.45) is 5.92 Å². The number of aryl methyl sites for hydroxylation is 1. The van der Waals surface area contributed by atoms with Crippen molar-refractivity contribution in [3.05, 3.63) is 29.8 Å². The lowest BCUT2D eigenvalue weighted by Crippen LogP contribution is -2.33. The van der Waals surface area contributed by atoms with Crippen molar-refractivity contribution < 1.29 is 14.7 Å². The number of nitrogens with zero attached hydrogens (tertiary/aromatic N) is 1. The highest BCUT2D eigenvalue weighted by molar-refractivity contribution is 5.99. The second kappa shape index (κ2) is 3.96. The Kier molecular flexibility index (Phi) is 2.64. The molecule has 0 unspecified atom stereocenters. The molecule has 1 aliphatic rings. The van der Waals surface area contributed by atoms with Gasteiger partial charge in [0.25, 0.3) is 0 Å². The Hall–Kier alpha value is -1.84. The smallest absolute Gasteiger partial charge is 0.227 e. The van der Waals surface area contributed by atoms with E-state index in [0.717, 1.165) is 11.3 Å². The van der Waals surface area contributed by atoms with E-state index in [9.17, 15) is 14.7 Å². The fraction of sp³-hybridized carbons (Fsp3) is 0.333. The molecule has 1 fully saturated rings. The molecule has 0 aromatic heterocycles. The third kappa shape index (κ3) is 1.78. The predicted molar refractivity (Wildman–Crippen MR) is 56.6 cm³/mol. The summed E-state index contributed by atoms with van der Waals surface area (Å²) in [4.78, 5) is 23.9. The summed E-state index contributed by atoms with van der Waals surface area (Å²) in [6.07, 6.45) is 0.0384. The molecule has 0 spiro atoms. The van der Waals surface area contributed by atoms with Crippen molar-refractivity contribution in [2.45, 2.75) is 13.3 Å². The summed E-state index contributed by atoms with van der Waals surface area (Å²) in [5, 5.41) is 10.7. The van der Waals surface area contributed by atoms with Gasteiger partial charge >= 0.3 is 0 Å². The van der Waals surface area contributed by atoms with Crippen LogP contribution in [0.3, 0.4) is 0 Å². The molecule has 1 atom stereocenters. The summed E-state index contributed by atoms with van der Waals surface area (Å²) in [6.45, 7) is 2.11. The molecule has 84 valence electrons. The minimum atomic E-state index is -1.15. The molecule has 1 aliphatic heterocycles. The second-order valence-corrected chi connectivity index (χ2v) is 4.01. The quantitative estimate of drug-likeness (QED) is 0.707. The third-order valence-corrected chi connectivity index (χ3v) is 2.86. The number of benzene rings is 1. The molecular weight excluding hydrogens is 206 g/mol. The zero-order chi connectivity index (χ0) is 11.7. The molecule has 1 amide bonds. The number of carboxylic acids is 1. The summed E-state index contributed by atoms with van der Waals surface area (Å²) in [7, 11) is 0. The molecule has 16 heavy (non-hydrogen) atoms. The number of hydrogen-bond acceptors (Lipinski definition) is 3. The molecule has 0 N–H and O–H groups in total. The summed E-state index contributed by atoms with van der Waals surface area (Å²) < 4.78 is 0. The maximum Gasteiger partial charge on any atom is 0.227 e. The van der Waals surface area contributed by atoms with E-state index >= 15 is 0 Å². The Morgan fingerprint density at radius 1 is 1.44 bits per heavy atom. The number of para-hydroxylation sites is 1. The maximum atomic E-state index is 11.7. The standard InChI is InChI=1S/C12H13NO3/c1-8-4-2-3-5-10(8)13-7-9(12(15)16)6-11(13)14/h2-5,9H,6-7H2,1H3,(H,15,16)/p-1/t9-/m0/s1. The van der Waals surface area contributed by atoms with E-state index < -0.39 is 11.9 Å². The third-order valence-electron chi connectivity index (χ3n) is 2.86. The van der Waals surface area contributed by atoms with Crippen molar-refractivity contribution in [2.75, 3.05) is 11.4 Å². The van der Waals surface area contributed by atoms with Crippen LogP contribution in [-0.2, 0) is 9.59 Å². The monoisotopic (exact) mass is 218 g/mol. The Morgan fingerprint density at radius 3 is 2.69 bits per heavy atom. The lowest BCUT2D eigenvalue weighted by atomic mass is 10.1. The highest BCUT2D eigenvalue weighted by atomic mass is 16.4. The van der Waals surface area contributed by atoms with Crippen LogP contribution in [0.25, 0.3) is 0 Å². The van der Waals surface area contributed by atoms with Crippen molar-refractivity contribution in [3.63, 3.8) is 0 Å². The molecule has 2 rings (SSSR count). The molecule has 0 aliphatic carbocycles. The molecule has 1 saturated heterocycles. The van der Waals surface area contributed by atoms with E-state index in [1.54, 1.807) is 0 Å². The summed E-state index contributed by atoms with van der Waals surface area (Å²) in [5.74, 6) is -1.99. The van der Waals surface area contributed by atoms with Gasteiger partial charge in [0, 0.05) is 30.5 Å². The van der Waals surface area contributed by atoms with Gasteiger partial charge in [-0.15, -0.1) is 0 Å². The Balaban J connectivity index is 2.27. The predicted octanol–water partition coefficient (Wildman–Crippen LogP) is 0.0978. The van der Waals surface area contributed by atoms with Crippen LogP contribution in [0.4, 0.5) is 5.69 Å². The van der Waals surface area contributed by atoms with Gasteiger partial charge in [-0.25, -0.2) is 0 Å². The van der Waals surface area contributed by atoms with E-state index in [-0.39, 0.29) is 18.9 Å². The van der Waals surface area contributed by atoms with Gasteiger partial charge in [-0.1, -0.05) is 18.2 Å². The molecule has 1 aromatic carbocycles. The van der Waals surface area contributed by atoms with Gasteiger partial charge in [-0.2, -0.15) is 0 Å². The lowest BCUT2D eigenvalue weighted by molar-refractivity contribution is -0.310. The van der Waals surface area contributed by atoms with Crippen molar-refractivity contribution in [1.82, 2.24) is 0 Å². The molecule has 1 aromatic rings. The first-order valence-corrected chi connectivity index (χ1v) is 5.16. The van der Waals surface area contributed by atoms with Crippen LogP contribution in [0.5, 0.6) is 0 Å². The topological polar surface area (TPSA) is 60.4 Å². The Morgan fingerprint density at radius 2 is 2.12 bits per heavy atom. The number of aliphatic carboxylic acids is 1. The fourth-order valence-corrected chi connectivity index (χ4v) is 1.96. The van der Waals surface area contributed by atoms with Crippen LogP contribution >= 0.6 is 0 Å². The van der Waals surface area contributed by atoms with Gasteiger partial charge in [-0.3, -0.25) is 4.79 Å². The highest BCUT2D eigenvalue weighted by Gasteiger charge is 2.31. The number of amides is 1. The van der Waals surface area contributed by atoms with Crippen LogP contribution in [0.15, 0.2) is 24.3 Å². The van der Waals surface area contributed by atoms with Gasteiger partial charge in [0.1, 0.15) is 0 Å². The first-order valence-electron chi connectivity index (χ1n) is 5.16. The summed E-state index contributed by atoms with van der Waals surface area (Å²) >= 11 is 0. The van der Waals surface area contributed by atoms with Gasteiger partial charge in [-0.05, 0) is 18.6 Å². The highest BCUT2D eigenvalue weighted by Crippen LogP contribution is 2.27. The SMILES string of the molecule is Cc1ccccc1N1C[C@@H](C(=O)[O-])CC1=O. The van der Waals surface area contributed by atoms with Crippen molar-refractivity contribution in [3.8, 4) is 0 Å². The van der Waals surface area contributed by atoms with Gasteiger partial charge in [0.2, 0.25) is 5.91 Å². The minimum absolute atomic E-state index is 0.0384. The average molecular weight is 218 g/mol. The maximum absolute atomic E-state index is 11.7. The zero-order valence-electron chi connectivity index (χ0n) is 8.97. The zero-order valence-corrected chi connectivity index (χ0v) is 8.97. The first kappa shape index (κ1) is 10.7. The number of hydrogen-bond donors (Lipinski definition) is 0. The van der Waals surface area contributed by atoms with Crippen LogP contribution < -0.4 is 10.0 Å². The first-order chi connectivity index (χ1) is 7.59. The number of carbonyl (C=O) groups is 2. The van der Waals surface area contributed by atoms with Crippen LogP contribution in [-0.4, -0.2) is 18.4 Å². The van der Waals surface area contributed by atoms with Gasteiger partial charge < -0.3 is 14.8 Å². The molecule has 4 nitrogen and oxygen atoms in total. The van der Waals surface area contributed by atoms with Crippen LogP contribution in [0.1, 0.15) is 12.0 Å². The molecule has 1 heterocycles. The van der Waals surface area contributed by atoms with E-state index in [4.69, 9.17) is 0 Å². The van der Waals surface area contributed by atoms with E-state index in [1.165, 1.54) is 4.90 Å². The second-order valence-electron chi connectivity index (χ2n) is 4.01. The molecule has 0 radical (unpaired) electrons. The Bertz CT molecular complexity index is 442. The largest absolute Gasteiger partial charge is 0.550 e. The number of rotatable bonds is 2. The number of carbonyl (C=O) groups excluding carboxylic acids is 2. The van der Waals surface area contributed by atoms with E-state index in [2.05, 4.69) is 0 Å². The molecular formula is C12H12NO3-. The van der Waals surface area contributed by atoms with E-state index in [1.807, 2.05) is 31.2 Å². The van der Waals surface area contributed by atoms with Crippen molar-refractivity contribution >= 4 is 17.6 Å².